The number of thiocarbonyl (C=S) groups is 1. The number of aromatic nitrogens is 2. The van der Waals surface area contributed by atoms with Crippen LogP contribution < -0.4 is 20.2 Å². The second-order valence-electron chi connectivity index (χ2n) is 5.60. The molecular weight excluding hydrogens is 374 g/mol. The summed E-state index contributed by atoms with van der Waals surface area (Å²) in [5.74, 6) is 1.85. The molecule has 0 aliphatic rings. The molecular formula is C20H19N5O2S. The van der Waals surface area contributed by atoms with Gasteiger partial charge >= 0.3 is 0 Å². The maximum atomic E-state index is 5.31. The number of anilines is 1. The van der Waals surface area contributed by atoms with Gasteiger partial charge in [0.15, 0.2) is 22.4 Å². The Morgan fingerprint density at radius 2 is 1.71 bits per heavy atom. The van der Waals surface area contributed by atoms with Crippen molar-refractivity contribution in [1.82, 2.24) is 15.4 Å². The highest BCUT2D eigenvalue weighted by molar-refractivity contribution is 7.80. The lowest BCUT2D eigenvalue weighted by Crippen LogP contribution is -2.23. The first-order chi connectivity index (χ1) is 13.7. The molecule has 0 aliphatic heterocycles. The van der Waals surface area contributed by atoms with Gasteiger partial charge in [-0.2, -0.15) is 5.10 Å². The molecule has 0 unspecified atom stereocenters. The zero-order valence-electron chi connectivity index (χ0n) is 15.4. The highest BCUT2D eigenvalue weighted by Crippen LogP contribution is 2.30. The van der Waals surface area contributed by atoms with Gasteiger partial charge in [0.2, 0.25) is 0 Å². The molecule has 0 fully saturated rings. The topological polar surface area (TPSA) is 80.7 Å². The molecule has 0 bridgehead atoms. The van der Waals surface area contributed by atoms with Gasteiger partial charge in [-0.15, -0.1) is 0 Å². The van der Waals surface area contributed by atoms with Gasteiger partial charge < -0.3 is 14.8 Å². The fourth-order valence-corrected chi connectivity index (χ4v) is 2.55. The smallest absolute Gasteiger partial charge is 0.191 e. The van der Waals surface area contributed by atoms with E-state index in [2.05, 4.69) is 25.8 Å². The molecule has 0 saturated carbocycles. The van der Waals surface area contributed by atoms with Crippen molar-refractivity contribution < 1.29 is 9.47 Å². The van der Waals surface area contributed by atoms with Crippen LogP contribution in [0, 0.1) is 0 Å². The lowest BCUT2D eigenvalue weighted by Gasteiger charge is -2.09. The quantitative estimate of drug-likeness (QED) is 0.377. The maximum Gasteiger partial charge on any atom is 0.191 e. The molecule has 0 atom stereocenters. The zero-order valence-corrected chi connectivity index (χ0v) is 16.2. The summed E-state index contributed by atoms with van der Waals surface area (Å²) in [6.45, 7) is 0. The summed E-state index contributed by atoms with van der Waals surface area (Å²) in [5, 5.41) is 7.52. The molecule has 142 valence electrons. The van der Waals surface area contributed by atoms with Crippen molar-refractivity contribution in [3.8, 4) is 22.9 Å². The van der Waals surface area contributed by atoms with Crippen molar-refractivity contribution in [3.05, 3.63) is 66.5 Å². The monoisotopic (exact) mass is 393 g/mol. The van der Waals surface area contributed by atoms with Crippen LogP contribution in [0.25, 0.3) is 11.4 Å². The molecule has 28 heavy (non-hydrogen) atoms. The summed E-state index contributed by atoms with van der Waals surface area (Å²) in [4.78, 5) is 8.74. The van der Waals surface area contributed by atoms with Crippen LogP contribution in [0.2, 0.25) is 0 Å². The van der Waals surface area contributed by atoms with Crippen LogP contribution in [0.1, 0.15) is 5.56 Å². The summed E-state index contributed by atoms with van der Waals surface area (Å²) in [6, 6.07) is 15.1. The average molecular weight is 393 g/mol. The van der Waals surface area contributed by atoms with Crippen molar-refractivity contribution >= 4 is 29.2 Å². The van der Waals surface area contributed by atoms with Gasteiger partial charge in [-0.1, -0.05) is 18.2 Å². The fraction of sp³-hybridized carbons (Fsp3) is 0.100. The average Bonchev–Trinajstić information content (AvgIpc) is 2.74. The number of benzene rings is 2. The van der Waals surface area contributed by atoms with E-state index in [1.54, 1.807) is 32.8 Å². The zero-order chi connectivity index (χ0) is 19.8. The largest absolute Gasteiger partial charge is 0.493 e. The van der Waals surface area contributed by atoms with Crippen LogP contribution >= 0.6 is 12.2 Å². The predicted octanol–water partition coefficient (Wildman–Crippen LogP) is 3.48. The number of hydrogen-bond acceptors (Lipinski definition) is 6. The molecule has 1 aromatic heterocycles. The maximum absolute atomic E-state index is 5.31. The standard InChI is InChI=1S/C20H19N5O2S/c1-26-17-9-8-15(10-18(17)27-2)19-21-11-14(12-22-19)13-23-25-20(28)24-16-6-4-3-5-7-16/h3-13H,1-2H3,(H2,24,25,28)/b23-13+. The van der Waals surface area contributed by atoms with Crippen LogP contribution in [-0.2, 0) is 0 Å². The number of hydrogen-bond donors (Lipinski definition) is 2. The van der Waals surface area contributed by atoms with Gasteiger partial charge in [-0.3, -0.25) is 5.43 Å². The van der Waals surface area contributed by atoms with Crippen molar-refractivity contribution in [2.45, 2.75) is 0 Å². The molecule has 8 heteroatoms. The Balaban J connectivity index is 1.61. The van der Waals surface area contributed by atoms with Gasteiger partial charge in [-0.25, -0.2) is 9.97 Å². The van der Waals surface area contributed by atoms with E-state index in [4.69, 9.17) is 21.7 Å². The van der Waals surface area contributed by atoms with Gasteiger partial charge in [0, 0.05) is 29.2 Å². The van der Waals surface area contributed by atoms with Crippen molar-refractivity contribution in [2.24, 2.45) is 5.10 Å². The lowest BCUT2D eigenvalue weighted by molar-refractivity contribution is 0.355. The summed E-state index contributed by atoms with van der Waals surface area (Å²) < 4.78 is 10.6. The summed E-state index contributed by atoms with van der Waals surface area (Å²) in [5.41, 5.74) is 5.21. The highest BCUT2D eigenvalue weighted by Gasteiger charge is 2.08. The number of ether oxygens (including phenoxy) is 2. The number of nitrogens with one attached hydrogen (secondary N) is 2. The number of para-hydroxylation sites is 1. The summed E-state index contributed by atoms with van der Waals surface area (Å²) in [6.07, 6.45) is 4.95. The molecule has 0 radical (unpaired) electrons. The molecule has 0 spiro atoms. The molecule has 0 aliphatic carbocycles. The van der Waals surface area contributed by atoms with E-state index in [1.807, 2.05) is 48.5 Å². The lowest BCUT2D eigenvalue weighted by atomic mass is 10.2. The van der Waals surface area contributed by atoms with Crippen LogP contribution in [0.3, 0.4) is 0 Å². The Morgan fingerprint density at radius 3 is 2.39 bits per heavy atom. The summed E-state index contributed by atoms with van der Waals surface area (Å²) in [7, 11) is 3.18. The Hall–Kier alpha value is -3.52. The Morgan fingerprint density at radius 1 is 1.00 bits per heavy atom. The molecule has 7 nitrogen and oxygen atoms in total. The van der Waals surface area contributed by atoms with Gasteiger partial charge in [0.1, 0.15) is 0 Å². The van der Waals surface area contributed by atoms with Gasteiger partial charge in [0.25, 0.3) is 0 Å². The minimum absolute atomic E-state index is 0.394. The number of methoxy groups -OCH3 is 2. The van der Waals surface area contributed by atoms with E-state index in [1.165, 1.54) is 0 Å². The first-order valence-electron chi connectivity index (χ1n) is 8.39. The first-order valence-corrected chi connectivity index (χ1v) is 8.80. The van der Waals surface area contributed by atoms with Crippen LogP contribution in [0.4, 0.5) is 5.69 Å². The minimum Gasteiger partial charge on any atom is -0.493 e. The highest BCUT2D eigenvalue weighted by atomic mass is 32.1. The van der Waals surface area contributed by atoms with Crippen LogP contribution in [0.5, 0.6) is 11.5 Å². The first kappa shape index (κ1) is 19.2. The minimum atomic E-state index is 0.394. The van der Waals surface area contributed by atoms with Gasteiger partial charge in [-0.05, 0) is 42.5 Å². The predicted molar refractivity (Wildman–Crippen MR) is 114 cm³/mol. The van der Waals surface area contributed by atoms with Gasteiger partial charge in [0.05, 0.1) is 20.4 Å². The Labute approximate surface area is 168 Å². The normalized spacial score (nSPS) is 10.5. The second kappa shape index (κ2) is 9.43. The Kier molecular flexibility index (Phi) is 6.48. The van der Waals surface area contributed by atoms with Crippen molar-refractivity contribution in [3.63, 3.8) is 0 Å². The number of rotatable bonds is 6. The second-order valence-corrected chi connectivity index (χ2v) is 6.01. The Bertz CT molecular complexity index is 962. The van der Waals surface area contributed by atoms with E-state index >= 15 is 0 Å². The molecule has 0 saturated heterocycles. The molecule has 3 rings (SSSR count). The molecule has 2 N–H and O–H groups in total. The third kappa shape index (κ3) is 5.01. The number of nitrogens with zero attached hydrogens (tertiary/aromatic N) is 3. The molecule has 0 amide bonds. The fourth-order valence-electron chi connectivity index (χ4n) is 2.38. The SMILES string of the molecule is COc1ccc(-c2ncc(/C=N/NC(=S)Nc3ccccc3)cn2)cc1OC. The van der Waals surface area contributed by atoms with E-state index in [0.717, 1.165) is 16.8 Å². The molecule has 2 aromatic carbocycles. The van der Waals surface area contributed by atoms with E-state index in [0.29, 0.717) is 22.4 Å². The van der Waals surface area contributed by atoms with Crippen molar-refractivity contribution in [2.75, 3.05) is 19.5 Å². The van der Waals surface area contributed by atoms with E-state index < -0.39 is 0 Å². The number of hydrazone groups is 1. The van der Waals surface area contributed by atoms with E-state index in [-0.39, 0.29) is 0 Å². The summed E-state index contributed by atoms with van der Waals surface area (Å²) >= 11 is 5.19. The third-order valence-electron chi connectivity index (χ3n) is 3.72. The van der Waals surface area contributed by atoms with Crippen LogP contribution in [0.15, 0.2) is 66.0 Å². The van der Waals surface area contributed by atoms with Crippen molar-refractivity contribution in [1.29, 1.82) is 0 Å². The van der Waals surface area contributed by atoms with E-state index in [9.17, 15) is 0 Å². The molecule has 3 aromatic rings. The third-order valence-corrected chi connectivity index (χ3v) is 3.92. The molecule has 1 heterocycles. The van der Waals surface area contributed by atoms with Crippen LogP contribution in [-0.4, -0.2) is 35.5 Å².